The Kier molecular flexibility index (Phi) is 6.11. The molecule has 2 atom stereocenters. The maximum Gasteiger partial charge on any atom is 0.323 e. The van der Waals surface area contributed by atoms with E-state index in [0.717, 1.165) is 5.56 Å². The van der Waals surface area contributed by atoms with Crippen LogP contribution >= 0.6 is 23.2 Å². The summed E-state index contributed by atoms with van der Waals surface area (Å²) in [7, 11) is 1.39. The van der Waals surface area contributed by atoms with Crippen LogP contribution in [0.1, 0.15) is 32.4 Å². The van der Waals surface area contributed by atoms with Gasteiger partial charge >= 0.3 is 5.97 Å². The fraction of sp³-hybridized carbons (Fsp3) is 0.500. The van der Waals surface area contributed by atoms with E-state index in [4.69, 9.17) is 27.9 Å². The number of esters is 1. The molecule has 1 aromatic carbocycles. The molecule has 19 heavy (non-hydrogen) atoms. The molecule has 0 spiro atoms. The normalized spacial score (nSPS) is 14.3. The highest BCUT2D eigenvalue weighted by Crippen LogP contribution is 2.27. The van der Waals surface area contributed by atoms with Crippen LogP contribution in [0, 0.1) is 5.92 Å². The Bertz CT molecular complexity index is 449. The monoisotopic (exact) mass is 303 g/mol. The third kappa shape index (κ3) is 4.37. The fourth-order valence-electron chi connectivity index (χ4n) is 1.87. The van der Waals surface area contributed by atoms with Crippen molar-refractivity contribution >= 4 is 29.2 Å². The third-order valence-corrected chi connectivity index (χ3v) is 3.56. The van der Waals surface area contributed by atoms with Crippen LogP contribution in [0.25, 0.3) is 0 Å². The van der Waals surface area contributed by atoms with Crippen molar-refractivity contribution in [1.29, 1.82) is 0 Å². The summed E-state index contributed by atoms with van der Waals surface area (Å²) in [6.45, 7) is 5.86. The minimum atomic E-state index is -0.380. The summed E-state index contributed by atoms with van der Waals surface area (Å²) >= 11 is 12.1. The van der Waals surface area contributed by atoms with Gasteiger partial charge in [-0.05, 0) is 36.6 Å². The molecule has 0 amide bonds. The Morgan fingerprint density at radius 1 is 1.26 bits per heavy atom. The van der Waals surface area contributed by atoms with Gasteiger partial charge in [0.25, 0.3) is 0 Å². The van der Waals surface area contributed by atoms with E-state index in [0.29, 0.717) is 10.0 Å². The zero-order valence-corrected chi connectivity index (χ0v) is 13.0. The van der Waals surface area contributed by atoms with Gasteiger partial charge in [-0.15, -0.1) is 0 Å². The van der Waals surface area contributed by atoms with Gasteiger partial charge in [-0.25, -0.2) is 0 Å². The number of hydrogen-bond acceptors (Lipinski definition) is 3. The van der Waals surface area contributed by atoms with E-state index in [1.165, 1.54) is 7.11 Å². The second kappa shape index (κ2) is 7.13. The van der Waals surface area contributed by atoms with Gasteiger partial charge in [0.05, 0.1) is 7.11 Å². The molecule has 0 aromatic heterocycles. The molecule has 0 saturated heterocycles. The Morgan fingerprint density at radius 3 is 2.42 bits per heavy atom. The molecule has 0 radical (unpaired) electrons. The molecule has 0 aliphatic rings. The maximum absolute atomic E-state index is 11.7. The van der Waals surface area contributed by atoms with Crippen LogP contribution in [0.3, 0.4) is 0 Å². The largest absolute Gasteiger partial charge is 0.468 e. The summed E-state index contributed by atoms with van der Waals surface area (Å²) in [6.07, 6.45) is 0. The van der Waals surface area contributed by atoms with Gasteiger partial charge in [0.2, 0.25) is 0 Å². The second-order valence-electron chi connectivity index (χ2n) is 4.80. The Balaban J connectivity index is 2.90. The first-order chi connectivity index (χ1) is 8.86. The van der Waals surface area contributed by atoms with Gasteiger partial charge in [-0.2, -0.15) is 0 Å². The topological polar surface area (TPSA) is 38.3 Å². The highest BCUT2D eigenvalue weighted by molar-refractivity contribution is 6.33. The summed E-state index contributed by atoms with van der Waals surface area (Å²) in [5.74, 6) is -0.159. The Morgan fingerprint density at radius 2 is 1.89 bits per heavy atom. The predicted octanol–water partition coefficient (Wildman–Crippen LogP) is 3.84. The molecule has 3 nitrogen and oxygen atoms in total. The van der Waals surface area contributed by atoms with Gasteiger partial charge in [-0.3, -0.25) is 10.1 Å². The fourth-order valence-corrected chi connectivity index (χ4v) is 2.33. The second-order valence-corrected chi connectivity index (χ2v) is 5.64. The number of methoxy groups -OCH3 is 1. The van der Waals surface area contributed by atoms with Gasteiger partial charge in [0, 0.05) is 16.1 Å². The van der Waals surface area contributed by atoms with Gasteiger partial charge in [0.1, 0.15) is 6.04 Å². The van der Waals surface area contributed by atoms with Gasteiger partial charge < -0.3 is 4.74 Å². The van der Waals surface area contributed by atoms with Crippen molar-refractivity contribution in [3.8, 4) is 0 Å². The number of ether oxygens (including phenoxy) is 1. The van der Waals surface area contributed by atoms with E-state index in [9.17, 15) is 4.79 Å². The smallest absolute Gasteiger partial charge is 0.323 e. The van der Waals surface area contributed by atoms with E-state index < -0.39 is 0 Å². The van der Waals surface area contributed by atoms with Crippen molar-refractivity contribution < 1.29 is 9.53 Å². The predicted molar refractivity (Wildman–Crippen MR) is 78.7 cm³/mol. The van der Waals surface area contributed by atoms with E-state index in [2.05, 4.69) is 5.32 Å². The molecule has 0 heterocycles. The zero-order valence-electron chi connectivity index (χ0n) is 11.5. The van der Waals surface area contributed by atoms with Crippen LogP contribution < -0.4 is 5.32 Å². The lowest BCUT2D eigenvalue weighted by Gasteiger charge is -2.25. The molecule has 0 saturated carbocycles. The Labute approximate surface area is 124 Å². The minimum Gasteiger partial charge on any atom is -0.468 e. The molecule has 0 aliphatic heterocycles. The molecular weight excluding hydrogens is 285 g/mol. The number of nitrogens with one attached hydrogen (secondary N) is 1. The molecule has 1 rings (SSSR count). The molecule has 0 fully saturated rings. The zero-order chi connectivity index (χ0) is 14.6. The molecule has 0 bridgehead atoms. The molecule has 1 N–H and O–H groups in total. The number of hydrogen-bond donors (Lipinski definition) is 1. The lowest BCUT2D eigenvalue weighted by atomic mass is 10.0. The van der Waals surface area contributed by atoms with Crippen LogP contribution in [0.2, 0.25) is 10.0 Å². The molecule has 0 aliphatic carbocycles. The summed E-state index contributed by atoms with van der Waals surface area (Å²) in [6, 6.07) is 4.81. The van der Waals surface area contributed by atoms with Crippen molar-refractivity contribution in [3.05, 3.63) is 33.8 Å². The summed E-state index contributed by atoms with van der Waals surface area (Å²) < 4.78 is 4.80. The number of carbonyl (C=O) groups excluding carboxylic acids is 1. The highest BCUT2D eigenvalue weighted by atomic mass is 35.5. The van der Waals surface area contributed by atoms with E-state index >= 15 is 0 Å². The molecule has 106 valence electrons. The first-order valence-corrected chi connectivity index (χ1v) is 6.91. The molecule has 5 heteroatoms. The van der Waals surface area contributed by atoms with E-state index in [1.54, 1.807) is 18.2 Å². The highest BCUT2D eigenvalue weighted by Gasteiger charge is 2.25. The van der Waals surface area contributed by atoms with Crippen molar-refractivity contribution in [3.63, 3.8) is 0 Å². The van der Waals surface area contributed by atoms with Crippen molar-refractivity contribution in [2.45, 2.75) is 32.9 Å². The van der Waals surface area contributed by atoms with Crippen LogP contribution in [-0.4, -0.2) is 19.1 Å². The lowest BCUT2D eigenvalue weighted by molar-refractivity contribution is -0.144. The summed E-state index contributed by atoms with van der Waals surface area (Å²) in [4.78, 5) is 11.7. The average Bonchev–Trinajstić information content (AvgIpc) is 2.37. The molecular formula is C14H19Cl2NO2. The quantitative estimate of drug-likeness (QED) is 0.840. The van der Waals surface area contributed by atoms with E-state index in [-0.39, 0.29) is 24.0 Å². The van der Waals surface area contributed by atoms with Crippen molar-refractivity contribution in [1.82, 2.24) is 5.32 Å². The average molecular weight is 304 g/mol. The molecule has 1 unspecified atom stereocenters. The lowest BCUT2D eigenvalue weighted by Crippen LogP contribution is -2.43. The summed E-state index contributed by atoms with van der Waals surface area (Å²) in [5.41, 5.74) is 0.865. The Hall–Kier alpha value is -0.770. The first-order valence-electron chi connectivity index (χ1n) is 6.15. The SMILES string of the molecule is COC(=O)[C@@H](NC(C)c1cc(Cl)ccc1Cl)C(C)C. The summed E-state index contributed by atoms with van der Waals surface area (Å²) in [5, 5.41) is 4.47. The van der Waals surface area contributed by atoms with Crippen molar-refractivity contribution in [2.75, 3.05) is 7.11 Å². The van der Waals surface area contributed by atoms with Crippen molar-refractivity contribution in [2.24, 2.45) is 5.92 Å². The van der Waals surface area contributed by atoms with Crippen LogP contribution in [0.15, 0.2) is 18.2 Å². The minimum absolute atomic E-state index is 0.0994. The number of rotatable bonds is 5. The van der Waals surface area contributed by atoms with Crippen LogP contribution in [0.5, 0.6) is 0 Å². The van der Waals surface area contributed by atoms with Gasteiger partial charge in [0.15, 0.2) is 0 Å². The first kappa shape index (κ1) is 16.3. The maximum atomic E-state index is 11.7. The number of halogens is 2. The van der Waals surface area contributed by atoms with Crippen LogP contribution in [-0.2, 0) is 9.53 Å². The van der Waals surface area contributed by atoms with Gasteiger partial charge in [-0.1, -0.05) is 37.0 Å². The third-order valence-electron chi connectivity index (χ3n) is 2.98. The van der Waals surface area contributed by atoms with E-state index in [1.807, 2.05) is 20.8 Å². The number of benzene rings is 1. The standard InChI is InChI=1S/C14H19Cl2NO2/c1-8(2)13(14(18)19-4)17-9(3)11-7-10(15)5-6-12(11)16/h5-9,13,17H,1-4H3/t9?,13-/m0/s1. The number of carbonyl (C=O) groups is 1. The molecule has 1 aromatic rings. The van der Waals surface area contributed by atoms with Crippen LogP contribution in [0.4, 0.5) is 0 Å².